The fraction of sp³-hybridized carbons (Fsp3) is 0.538. The Balaban J connectivity index is 2.85. The van der Waals surface area contributed by atoms with E-state index >= 15 is 0 Å². The third-order valence-electron chi connectivity index (χ3n) is 2.66. The van der Waals surface area contributed by atoms with Crippen molar-refractivity contribution in [2.75, 3.05) is 6.61 Å². The first-order chi connectivity index (χ1) is 8.33. The molecule has 2 unspecified atom stereocenters. The molecule has 102 valence electrons. The van der Waals surface area contributed by atoms with Gasteiger partial charge < -0.3 is 10.5 Å². The largest absolute Gasteiger partial charge is 0.411 e. The van der Waals surface area contributed by atoms with E-state index in [0.717, 1.165) is 5.56 Å². The topological polar surface area (TPSA) is 35.2 Å². The smallest absolute Gasteiger partial charge is 0.362 e. The molecule has 5 heteroatoms. The minimum absolute atomic E-state index is 0.450. The first-order valence-electron chi connectivity index (χ1n) is 5.84. The summed E-state index contributed by atoms with van der Waals surface area (Å²) in [5.41, 5.74) is 7.49. The van der Waals surface area contributed by atoms with Crippen LogP contribution in [0.25, 0.3) is 0 Å². The molecule has 0 amide bonds. The lowest BCUT2D eigenvalue weighted by Crippen LogP contribution is -2.32. The molecule has 0 aliphatic carbocycles. The molecule has 0 aliphatic rings. The number of benzene rings is 1. The van der Waals surface area contributed by atoms with E-state index in [1.165, 1.54) is 0 Å². The lowest BCUT2D eigenvalue weighted by Gasteiger charge is -2.24. The first-order valence-corrected chi connectivity index (χ1v) is 5.84. The van der Waals surface area contributed by atoms with Crippen LogP contribution in [0, 0.1) is 6.92 Å². The second kappa shape index (κ2) is 6.20. The second-order valence-corrected chi connectivity index (χ2v) is 4.33. The van der Waals surface area contributed by atoms with Gasteiger partial charge in [-0.05, 0) is 18.9 Å². The lowest BCUT2D eigenvalue weighted by molar-refractivity contribution is -0.188. The van der Waals surface area contributed by atoms with E-state index in [-0.39, 0.29) is 0 Å². The van der Waals surface area contributed by atoms with Crippen LogP contribution in [-0.4, -0.2) is 18.8 Å². The number of nitrogens with two attached hydrogens (primary N) is 1. The Morgan fingerprint density at radius 1 is 1.33 bits per heavy atom. The highest BCUT2D eigenvalue weighted by atomic mass is 19.4. The minimum atomic E-state index is -4.34. The van der Waals surface area contributed by atoms with Gasteiger partial charge in [0.05, 0.1) is 6.10 Å². The van der Waals surface area contributed by atoms with Crippen molar-refractivity contribution in [1.82, 2.24) is 0 Å². The summed E-state index contributed by atoms with van der Waals surface area (Å²) < 4.78 is 41.6. The van der Waals surface area contributed by atoms with Crippen molar-refractivity contribution in [3.05, 3.63) is 35.4 Å². The number of aryl methyl sites for hydroxylation is 1. The van der Waals surface area contributed by atoms with E-state index in [1.54, 1.807) is 18.2 Å². The summed E-state index contributed by atoms with van der Waals surface area (Å²) in [7, 11) is 0. The summed E-state index contributed by atoms with van der Waals surface area (Å²) in [5.74, 6) is 0. The van der Waals surface area contributed by atoms with Gasteiger partial charge in [-0.3, -0.25) is 0 Å². The Morgan fingerprint density at radius 2 is 2.00 bits per heavy atom. The van der Waals surface area contributed by atoms with E-state index in [0.29, 0.717) is 12.0 Å². The van der Waals surface area contributed by atoms with Crippen LogP contribution in [0.1, 0.15) is 30.6 Å². The predicted octanol–water partition coefficient (Wildman–Crippen LogP) is 3.35. The molecule has 0 aromatic heterocycles. The summed E-state index contributed by atoms with van der Waals surface area (Å²) >= 11 is 0. The molecular formula is C13H18F3NO. The molecule has 0 saturated carbocycles. The highest BCUT2D eigenvalue weighted by molar-refractivity contribution is 5.25. The van der Waals surface area contributed by atoms with Gasteiger partial charge in [-0.15, -0.1) is 0 Å². The van der Waals surface area contributed by atoms with Gasteiger partial charge in [0.15, 0.2) is 0 Å². The number of hydrogen-bond donors (Lipinski definition) is 1. The highest BCUT2D eigenvalue weighted by Crippen LogP contribution is 2.26. The van der Waals surface area contributed by atoms with Gasteiger partial charge in [0.2, 0.25) is 0 Å². The zero-order valence-corrected chi connectivity index (χ0v) is 10.5. The van der Waals surface area contributed by atoms with Crippen LogP contribution in [0.4, 0.5) is 13.2 Å². The van der Waals surface area contributed by atoms with Crippen molar-refractivity contribution in [2.24, 2.45) is 5.73 Å². The van der Waals surface area contributed by atoms with E-state index in [1.807, 2.05) is 19.9 Å². The van der Waals surface area contributed by atoms with E-state index in [9.17, 15) is 13.2 Å². The zero-order valence-electron chi connectivity index (χ0n) is 10.5. The van der Waals surface area contributed by atoms with Gasteiger partial charge in [0.25, 0.3) is 0 Å². The molecule has 0 saturated heterocycles. The maximum atomic E-state index is 12.2. The van der Waals surface area contributed by atoms with Crippen molar-refractivity contribution in [3.63, 3.8) is 0 Å². The Labute approximate surface area is 105 Å². The molecule has 1 aromatic carbocycles. The monoisotopic (exact) mass is 261 g/mol. The van der Waals surface area contributed by atoms with Crippen LogP contribution in [0.2, 0.25) is 0 Å². The number of alkyl halides is 3. The van der Waals surface area contributed by atoms with Crippen LogP contribution in [0.3, 0.4) is 0 Å². The second-order valence-electron chi connectivity index (χ2n) is 4.33. The fourth-order valence-electron chi connectivity index (χ4n) is 1.71. The summed E-state index contributed by atoms with van der Waals surface area (Å²) in [4.78, 5) is 0. The molecule has 0 bridgehead atoms. The Hall–Kier alpha value is -1.07. The van der Waals surface area contributed by atoms with E-state index in [4.69, 9.17) is 10.5 Å². The van der Waals surface area contributed by atoms with Crippen LogP contribution < -0.4 is 5.73 Å². The molecular weight excluding hydrogens is 243 g/mol. The lowest BCUT2D eigenvalue weighted by atomic mass is 9.99. The molecule has 2 atom stereocenters. The number of halogens is 3. The predicted molar refractivity (Wildman–Crippen MR) is 64.2 cm³/mol. The highest BCUT2D eigenvalue weighted by Gasteiger charge is 2.31. The van der Waals surface area contributed by atoms with E-state index < -0.39 is 24.9 Å². The molecule has 0 heterocycles. The SMILES string of the molecule is CCC(N)C(OCC(F)(F)F)c1cccc(C)c1. The number of hydrogen-bond acceptors (Lipinski definition) is 2. The molecule has 0 aliphatic heterocycles. The van der Waals surface area contributed by atoms with Crippen LogP contribution >= 0.6 is 0 Å². The van der Waals surface area contributed by atoms with Crippen molar-refractivity contribution in [1.29, 1.82) is 0 Å². The van der Waals surface area contributed by atoms with Crippen molar-refractivity contribution in [3.8, 4) is 0 Å². The van der Waals surface area contributed by atoms with Gasteiger partial charge in [-0.1, -0.05) is 36.8 Å². The Kier molecular flexibility index (Phi) is 5.16. The van der Waals surface area contributed by atoms with Crippen LogP contribution in [0.15, 0.2) is 24.3 Å². The summed E-state index contributed by atoms with van der Waals surface area (Å²) in [6.45, 7) is 2.42. The molecule has 1 rings (SSSR count). The Morgan fingerprint density at radius 3 is 2.50 bits per heavy atom. The maximum Gasteiger partial charge on any atom is 0.411 e. The molecule has 18 heavy (non-hydrogen) atoms. The van der Waals surface area contributed by atoms with Crippen LogP contribution in [-0.2, 0) is 4.74 Å². The normalized spacial score (nSPS) is 15.4. The zero-order chi connectivity index (χ0) is 13.8. The molecule has 0 radical (unpaired) electrons. The summed E-state index contributed by atoms with van der Waals surface area (Å²) in [6, 6.07) is 6.76. The third-order valence-corrected chi connectivity index (χ3v) is 2.66. The van der Waals surface area contributed by atoms with Gasteiger partial charge in [0, 0.05) is 6.04 Å². The molecule has 0 fully saturated rings. The molecule has 0 spiro atoms. The van der Waals surface area contributed by atoms with Gasteiger partial charge in [-0.2, -0.15) is 13.2 Å². The van der Waals surface area contributed by atoms with Crippen molar-refractivity contribution < 1.29 is 17.9 Å². The fourth-order valence-corrected chi connectivity index (χ4v) is 1.71. The summed E-state index contributed by atoms with van der Waals surface area (Å²) in [5, 5.41) is 0. The first kappa shape index (κ1) is 15.0. The number of ether oxygens (including phenoxy) is 1. The molecule has 2 N–H and O–H groups in total. The minimum Gasteiger partial charge on any atom is -0.362 e. The van der Waals surface area contributed by atoms with E-state index in [2.05, 4.69) is 0 Å². The Bertz CT molecular complexity index is 379. The quantitative estimate of drug-likeness (QED) is 0.882. The number of rotatable bonds is 5. The summed E-state index contributed by atoms with van der Waals surface area (Å²) in [6.07, 6.45) is -4.51. The third kappa shape index (κ3) is 4.66. The van der Waals surface area contributed by atoms with Crippen LogP contribution in [0.5, 0.6) is 0 Å². The molecule has 2 nitrogen and oxygen atoms in total. The van der Waals surface area contributed by atoms with Gasteiger partial charge in [0.1, 0.15) is 6.61 Å². The average molecular weight is 261 g/mol. The van der Waals surface area contributed by atoms with Crippen molar-refractivity contribution >= 4 is 0 Å². The van der Waals surface area contributed by atoms with Gasteiger partial charge in [-0.25, -0.2) is 0 Å². The van der Waals surface area contributed by atoms with Gasteiger partial charge >= 0.3 is 6.18 Å². The standard InChI is InChI=1S/C13H18F3NO/c1-3-11(17)12(18-8-13(14,15)16)10-6-4-5-9(2)7-10/h4-7,11-12H,3,8,17H2,1-2H3. The molecule has 1 aromatic rings. The average Bonchev–Trinajstić information content (AvgIpc) is 2.27. The van der Waals surface area contributed by atoms with Crippen molar-refractivity contribution in [2.45, 2.75) is 38.6 Å². The maximum absolute atomic E-state index is 12.2.